The lowest BCUT2D eigenvalue weighted by atomic mass is 10.1. The monoisotopic (exact) mass is 238 g/mol. The van der Waals surface area contributed by atoms with E-state index in [0.717, 1.165) is 11.8 Å². The van der Waals surface area contributed by atoms with Crippen molar-refractivity contribution >= 4 is 22.0 Å². The maximum atomic E-state index is 3.48. The molecule has 1 aromatic rings. The summed E-state index contributed by atoms with van der Waals surface area (Å²) in [6.07, 6.45) is 3.36. The fraction of sp³-hybridized carbons (Fsp3) is 0.333. The minimum Gasteiger partial charge on any atom is -0.0880 e. The minimum atomic E-state index is 0.970. The van der Waals surface area contributed by atoms with Gasteiger partial charge in [0.15, 0.2) is 0 Å². The number of allylic oxidation sites excluding steroid dienone is 1. The summed E-state index contributed by atoms with van der Waals surface area (Å²) in [6, 6.07) is 8.57. The number of aryl methyl sites for hydroxylation is 1. The summed E-state index contributed by atoms with van der Waals surface area (Å²) in [5.41, 5.74) is 4.06. The van der Waals surface area contributed by atoms with Crippen LogP contribution in [0.15, 0.2) is 29.8 Å². The van der Waals surface area contributed by atoms with Gasteiger partial charge in [-0.1, -0.05) is 64.3 Å². The van der Waals surface area contributed by atoms with E-state index in [1.54, 1.807) is 0 Å². The molecule has 1 heteroatoms. The molecule has 0 aromatic heterocycles. The smallest absolute Gasteiger partial charge is 0.0245 e. The van der Waals surface area contributed by atoms with Gasteiger partial charge in [0.25, 0.3) is 0 Å². The Bertz CT molecular complexity index is 294. The van der Waals surface area contributed by atoms with E-state index in [2.05, 4.69) is 60.1 Å². The third kappa shape index (κ3) is 3.35. The standard InChI is InChI=1S/C12H15Br/c1-3-11(9-13)8-12-6-4-5-10(2)7-12/h4-8H,3,9H2,1-2H3/b11-8-. The average molecular weight is 239 g/mol. The van der Waals surface area contributed by atoms with Gasteiger partial charge >= 0.3 is 0 Å². The first-order valence-electron chi connectivity index (χ1n) is 4.58. The number of halogens is 1. The minimum absolute atomic E-state index is 0.970. The van der Waals surface area contributed by atoms with Gasteiger partial charge in [-0.15, -0.1) is 0 Å². The third-order valence-corrected chi connectivity index (χ3v) is 2.76. The highest BCUT2D eigenvalue weighted by Crippen LogP contribution is 2.12. The number of rotatable bonds is 3. The van der Waals surface area contributed by atoms with Crippen molar-refractivity contribution in [3.63, 3.8) is 0 Å². The highest BCUT2D eigenvalue weighted by Gasteiger charge is 1.93. The summed E-state index contributed by atoms with van der Waals surface area (Å²) in [7, 11) is 0. The average Bonchev–Trinajstić information content (AvgIpc) is 2.14. The van der Waals surface area contributed by atoms with Crippen LogP contribution in [0.5, 0.6) is 0 Å². The lowest BCUT2D eigenvalue weighted by Gasteiger charge is -2.00. The quantitative estimate of drug-likeness (QED) is 0.694. The maximum absolute atomic E-state index is 3.48. The lowest BCUT2D eigenvalue weighted by Crippen LogP contribution is -1.82. The first-order valence-corrected chi connectivity index (χ1v) is 5.70. The predicted octanol–water partition coefficient (Wildman–Crippen LogP) is 4.18. The normalized spacial score (nSPS) is 11.8. The number of hydrogen-bond acceptors (Lipinski definition) is 0. The van der Waals surface area contributed by atoms with Crippen LogP contribution in [-0.4, -0.2) is 5.33 Å². The van der Waals surface area contributed by atoms with E-state index in [4.69, 9.17) is 0 Å². The van der Waals surface area contributed by atoms with Crippen molar-refractivity contribution in [3.8, 4) is 0 Å². The SMILES string of the molecule is CC/C(=C/c1cccc(C)c1)CBr. The van der Waals surface area contributed by atoms with Gasteiger partial charge in [-0.05, 0) is 18.9 Å². The van der Waals surface area contributed by atoms with E-state index in [1.807, 2.05) is 0 Å². The Hall–Kier alpha value is -0.560. The molecule has 0 aliphatic rings. The molecule has 1 rings (SSSR count). The topological polar surface area (TPSA) is 0 Å². The summed E-state index contributed by atoms with van der Waals surface area (Å²) in [5, 5.41) is 0.970. The molecule has 0 spiro atoms. The van der Waals surface area contributed by atoms with Gasteiger partial charge in [-0.2, -0.15) is 0 Å². The summed E-state index contributed by atoms with van der Waals surface area (Å²) in [4.78, 5) is 0. The van der Waals surface area contributed by atoms with Gasteiger partial charge in [0.2, 0.25) is 0 Å². The zero-order valence-electron chi connectivity index (χ0n) is 8.18. The van der Waals surface area contributed by atoms with Crippen molar-refractivity contribution in [1.82, 2.24) is 0 Å². The first-order chi connectivity index (χ1) is 6.26. The molecule has 0 saturated heterocycles. The molecular formula is C12H15Br. The van der Waals surface area contributed by atoms with Crippen LogP contribution in [0.4, 0.5) is 0 Å². The van der Waals surface area contributed by atoms with Crippen LogP contribution >= 0.6 is 15.9 Å². The van der Waals surface area contributed by atoms with Gasteiger partial charge in [-0.3, -0.25) is 0 Å². The number of benzene rings is 1. The molecule has 0 radical (unpaired) electrons. The summed E-state index contributed by atoms with van der Waals surface area (Å²) in [5.74, 6) is 0. The fourth-order valence-corrected chi connectivity index (χ4v) is 1.79. The molecule has 0 saturated carbocycles. The van der Waals surface area contributed by atoms with Gasteiger partial charge in [0.1, 0.15) is 0 Å². The summed E-state index contributed by atoms with van der Waals surface area (Å²) in [6.45, 7) is 4.31. The largest absolute Gasteiger partial charge is 0.0880 e. The molecule has 0 heterocycles. The van der Waals surface area contributed by atoms with Gasteiger partial charge < -0.3 is 0 Å². The molecule has 0 atom stereocenters. The Balaban J connectivity index is 2.89. The summed E-state index contributed by atoms with van der Waals surface area (Å²) >= 11 is 3.48. The zero-order valence-corrected chi connectivity index (χ0v) is 9.76. The highest BCUT2D eigenvalue weighted by atomic mass is 79.9. The molecule has 0 aliphatic carbocycles. The van der Waals surface area contributed by atoms with Crippen LogP contribution < -0.4 is 0 Å². The van der Waals surface area contributed by atoms with Crippen LogP contribution in [0, 0.1) is 6.92 Å². The molecule has 0 nitrogen and oxygen atoms in total. The Labute approximate surface area is 88.8 Å². The predicted molar refractivity (Wildman–Crippen MR) is 63.2 cm³/mol. The van der Waals surface area contributed by atoms with Crippen molar-refractivity contribution in [2.24, 2.45) is 0 Å². The Kier molecular flexibility index (Phi) is 4.23. The van der Waals surface area contributed by atoms with Gasteiger partial charge in [-0.25, -0.2) is 0 Å². The Morgan fingerprint density at radius 2 is 2.23 bits per heavy atom. The Morgan fingerprint density at radius 1 is 1.46 bits per heavy atom. The van der Waals surface area contributed by atoms with Crippen LogP contribution in [0.25, 0.3) is 6.08 Å². The van der Waals surface area contributed by atoms with E-state index in [9.17, 15) is 0 Å². The molecule has 0 fully saturated rings. The number of hydrogen-bond donors (Lipinski definition) is 0. The van der Waals surface area contributed by atoms with Crippen LogP contribution in [0.1, 0.15) is 24.5 Å². The van der Waals surface area contributed by atoms with Crippen molar-refractivity contribution in [2.75, 3.05) is 5.33 Å². The molecular weight excluding hydrogens is 224 g/mol. The van der Waals surface area contributed by atoms with E-state index in [-0.39, 0.29) is 0 Å². The second kappa shape index (κ2) is 5.23. The van der Waals surface area contributed by atoms with E-state index >= 15 is 0 Å². The second-order valence-electron chi connectivity index (χ2n) is 3.20. The molecule has 13 heavy (non-hydrogen) atoms. The molecule has 0 aliphatic heterocycles. The third-order valence-electron chi connectivity index (χ3n) is 2.04. The second-order valence-corrected chi connectivity index (χ2v) is 3.76. The van der Waals surface area contributed by atoms with Crippen LogP contribution in [0.2, 0.25) is 0 Å². The van der Waals surface area contributed by atoms with Gasteiger partial charge in [0, 0.05) is 5.33 Å². The molecule has 70 valence electrons. The van der Waals surface area contributed by atoms with Crippen LogP contribution in [0.3, 0.4) is 0 Å². The van der Waals surface area contributed by atoms with E-state index in [1.165, 1.54) is 16.7 Å². The van der Waals surface area contributed by atoms with E-state index in [0.29, 0.717) is 0 Å². The van der Waals surface area contributed by atoms with E-state index < -0.39 is 0 Å². The number of alkyl halides is 1. The molecule has 0 N–H and O–H groups in total. The molecule has 0 bridgehead atoms. The van der Waals surface area contributed by atoms with Crippen molar-refractivity contribution in [2.45, 2.75) is 20.3 Å². The molecule has 1 aromatic carbocycles. The van der Waals surface area contributed by atoms with Crippen molar-refractivity contribution < 1.29 is 0 Å². The summed E-state index contributed by atoms with van der Waals surface area (Å²) < 4.78 is 0. The highest BCUT2D eigenvalue weighted by molar-refractivity contribution is 9.09. The lowest BCUT2D eigenvalue weighted by molar-refractivity contribution is 1.12. The zero-order chi connectivity index (χ0) is 9.68. The van der Waals surface area contributed by atoms with Crippen LogP contribution in [-0.2, 0) is 0 Å². The van der Waals surface area contributed by atoms with Crippen molar-refractivity contribution in [3.05, 3.63) is 41.0 Å². The Morgan fingerprint density at radius 3 is 2.77 bits per heavy atom. The molecule has 0 amide bonds. The fourth-order valence-electron chi connectivity index (χ4n) is 1.23. The molecule has 0 unspecified atom stereocenters. The maximum Gasteiger partial charge on any atom is 0.0245 e. The first kappa shape index (κ1) is 10.5. The van der Waals surface area contributed by atoms with Gasteiger partial charge in [0.05, 0.1) is 0 Å². The van der Waals surface area contributed by atoms with Crippen molar-refractivity contribution in [1.29, 1.82) is 0 Å².